The summed E-state index contributed by atoms with van der Waals surface area (Å²) in [6.45, 7) is 1.57. The molecule has 52 heavy (non-hydrogen) atoms. The number of aromatic nitrogens is 1. The SMILES string of the molecule is N[C@H]1CC[C@H](N(C(=O)O)c2cc(CCCCOc3ccc(CCNCC(O)c4ccc(O)c5[nH]c(=O)ccc45)cc3)ccc2-c2ccccc2)CC1. The van der Waals surface area contributed by atoms with E-state index in [1.807, 2.05) is 54.6 Å². The van der Waals surface area contributed by atoms with Gasteiger partial charge in [0.1, 0.15) is 11.5 Å². The first kappa shape index (κ1) is 36.6. The Hall–Kier alpha value is -5.16. The van der Waals surface area contributed by atoms with Crippen LogP contribution < -0.4 is 26.2 Å². The molecule has 1 aliphatic rings. The Labute approximate surface area is 303 Å². The number of nitrogens with two attached hydrogens (primary N) is 1. The Morgan fingerprint density at radius 1 is 0.904 bits per heavy atom. The largest absolute Gasteiger partial charge is 0.506 e. The number of phenolic OH excluding ortho intramolecular Hbond substituents is 1. The molecule has 7 N–H and O–H groups in total. The van der Waals surface area contributed by atoms with Crippen molar-refractivity contribution in [2.45, 2.75) is 69.6 Å². The van der Waals surface area contributed by atoms with Gasteiger partial charge in [-0.25, -0.2) is 4.79 Å². The van der Waals surface area contributed by atoms with Crippen LogP contribution in [0.5, 0.6) is 11.5 Å². The number of rotatable bonds is 15. The minimum absolute atomic E-state index is 0.0325. The number of nitrogens with one attached hydrogen (secondary N) is 2. The highest BCUT2D eigenvalue weighted by molar-refractivity contribution is 5.94. The maximum absolute atomic E-state index is 12.7. The number of amides is 1. The Morgan fingerprint density at radius 2 is 1.65 bits per heavy atom. The van der Waals surface area contributed by atoms with Crippen molar-refractivity contribution in [2.24, 2.45) is 5.73 Å². The topological polar surface area (TPSA) is 161 Å². The number of anilines is 1. The molecule has 0 saturated heterocycles. The number of unbranched alkanes of at least 4 members (excludes halogenated alkanes) is 1. The van der Waals surface area contributed by atoms with E-state index in [1.165, 1.54) is 12.1 Å². The van der Waals surface area contributed by atoms with Gasteiger partial charge in [0.15, 0.2) is 0 Å². The van der Waals surface area contributed by atoms with Crippen LogP contribution >= 0.6 is 0 Å². The molecule has 1 heterocycles. The number of hydrogen-bond acceptors (Lipinski definition) is 7. The molecule has 1 atom stereocenters. The molecule has 5 aromatic rings. The van der Waals surface area contributed by atoms with Crippen LogP contribution in [0, 0.1) is 0 Å². The van der Waals surface area contributed by atoms with Gasteiger partial charge in [-0.3, -0.25) is 9.69 Å². The van der Waals surface area contributed by atoms with Crippen LogP contribution in [0.25, 0.3) is 22.0 Å². The van der Waals surface area contributed by atoms with Gasteiger partial charge in [-0.05, 0) is 110 Å². The molecule has 1 aliphatic carbocycles. The summed E-state index contributed by atoms with van der Waals surface area (Å²) in [7, 11) is 0. The minimum atomic E-state index is -0.927. The molecular formula is C42H48N4O6. The number of phenols is 1. The van der Waals surface area contributed by atoms with Crippen molar-refractivity contribution in [1.82, 2.24) is 10.3 Å². The van der Waals surface area contributed by atoms with Crippen molar-refractivity contribution in [3.63, 3.8) is 0 Å². The van der Waals surface area contributed by atoms with E-state index < -0.39 is 12.2 Å². The molecule has 272 valence electrons. The predicted octanol–water partition coefficient (Wildman–Crippen LogP) is 6.92. The maximum Gasteiger partial charge on any atom is 0.412 e. The molecule has 10 nitrogen and oxygen atoms in total. The fourth-order valence-corrected chi connectivity index (χ4v) is 7.11. The Morgan fingerprint density at radius 3 is 2.40 bits per heavy atom. The first-order chi connectivity index (χ1) is 25.3. The third-order valence-corrected chi connectivity index (χ3v) is 9.96. The molecule has 1 unspecified atom stereocenters. The zero-order chi connectivity index (χ0) is 36.5. The molecule has 1 aromatic heterocycles. The zero-order valence-electron chi connectivity index (χ0n) is 29.3. The average molecular weight is 705 g/mol. The summed E-state index contributed by atoms with van der Waals surface area (Å²) >= 11 is 0. The number of carbonyl (C=O) groups is 1. The first-order valence-corrected chi connectivity index (χ1v) is 18.2. The number of ether oxygens (including phenoxy) is 1. The molecule has 0 radical (unpaired) electrons. The van der Waals surface area contributed by atoms with Gasteiger partial charge >= 0.3 is 6.09 Å². The number of benzene rings is 4. The third kappa shape index (κ3) is 9.19. The van der Waals surface area contributed by atoms with Gasteiger partial charge in [0.2, 0.25) is 5.56 Å². The second-order valence-electron chi connectivity index (χ2n) is 13.6. The predicted molar refractivity (Wildman–Crippen MR) is 205 cm³/mol. The summed E-state index contributed by atoms with van der Waals surface area (Å²) in [4.78, 5) is 28.6. The van der Waals surface area contributed by atoms with Gasteiger partial charge in [0.25, 0.3) is 0 Å². The highest BCUT2D eigenvalue weighted by atomic mass is 16.5. The standard InChI is InChI=1S/C42H48N4O6/c43-31-12-14-32(15-13-31)46(42(50)51)37-26-29(11-18-34(37)30-7-2-1-3-8-30)6-4-5-25-52-33-16-9-28(10-17-33)23-24-44-27-39(48)35-19-21-38(47)41-36(35)20-22-40(49)45-41/h1-3,7-11,16-22,26,31-32,39,44,47-48H,4-6,12-15,23-25,27,43H2,(H,45,49)(H,50,51)/t31-,32-,39?. The number of hydrogen-bond donors (Lipinski definition) is 6. The fraction of sp³-hybridized carbons (Fsp3) is 0.333. The summed E-state index contributed by atoms with van der Waals surface area (Å²) in [5.41, 5.74) is 11.7. The molecule has 10 heteroatoms. The van der Waals surface area contributed by atoms with Gasteiger partial charge in [-0.2, -0.15) is 0 Å². The summed E-state index contributed by atoms with van der Waals surface area (Å²) in [6.07, 6.45) is 4.80. The Balaban J connectivity index is 0.968. The zero-order valence-corrected chi connectivity index (χ0v) is 29.3. The highest BCUT2D eigenvalue weighted by Crippen LogP contribution is 2.36. The fourth-order valence-electron chi connectivity index (χ4n) is 7.11. The number of aromatic hydroxyl groups is 1. The van der Waals surface area contributed by atoms with Gasteiger partial charge in [-0.1, -0.05) is 60.7 Å². The van der Waals surface area contributed by atoms with Crippen LogP contribution in [0.2, 0.25) is 0 Å². The first-order valence-electron chi connectivity index (χ1n) is 18.2. The summed E-state index contributed by atoms with van der Waals surface area (Å²) < 4.78 is 6.03. The van der Waals surface area contributed by atoms with Crippen LogP contribution in [-0.4, -0.2) is 58.2 Å². The van der Waals surface area contributed by atoms with E-state index in [9.17, 15) is 24.9 Å². The van der Waals surface area contributed by atoms with E-state index in [2.05, 4.69) is 28.5 Å². The lowest BCUT2D eigenvalue weighted by molar-refractivity contribution is 0.176. The van der Waals surface area contributed by atoms with Crippen LogP contribution in [0.4, 0.5) is 10.5 Å². The van der Waals surface area contributed by atoms with E-state index in [-0.39, 0.29) is 23.4 Å². The highest BCUT2D eigenvalue weighted by Gasteiger charge is 2.30. The van der Waals surface area contributed by atoms with Crippen molar-refractivity contribution in [3.05, 3.63) is 124 Å². The van der Waals surface area contributed by atoms with Crippen molar-refractivity contribution in [2.75, 3.05) is 24.6 Å². The number of pyridine rings is 1. The van der Waals surface area contributed by atoms with E-state index in [0.717, 1.165) is 85.1 Å². The molecule has 1 fully saturated rings. The number of aryl methyl sites for hydroxylation is 1. The summed E-state index contributed by atoms with van der Waals surface area (Å²) in [5, 5.41) is 35.2. The molecule has 0 aliphatic heterocycles. The molecule has 6 rings (SSSR count). The van der Waals surface area contributed by atoms with Gasteiger partial charge < -0.3 is 36.1 Å². The lowest BCUT2D eigenvalue weighted by Gasteiger charge is -2.35. The van der Waals surface area contributed by atoms with Crippen molar-refractivity contribution < 1.29 is 24.9 Å². The molecule has 1 amide bonds. The van der Waals surface area contributed by atoms with Gasteiger partial charge in [-0.15, -0.1) is 0 Å². The van der Waals surface area contributed by atoms with Crippen molar-refractivity contribution >= 4 is 22.7 Å². The number of H-pyrrole nitrogens is 1. The van der Waals surface area contributed by atoms with Crippen molar-refractivity contribution in [3.8, 4) is 22.6 Å². The number of fused-ring (bicyclic) bond motifs is 1. The number of carboxylic acid groups (broad SMARTS) is 1. The number of aromatic amines is 1. The van der Waals surface area contributed by atoms with Gasteiger partial charge in [0, 0.05) is 35.6 Å². The van der Waals surface area contributed by atoms with Gasteiger partial charge in [0.05, 0.1) is 23.9 Å². The Bertz CT molecular complexity index is 1990. The number of nitrogens with zero attached hydrogens (tertiary/aromatic N) is 1. The monoisotopic (exact) mass is 704 g/mol. The average Bonchev–Trinajstić information content (AvgIpc) is 3.15. The molecule has 4 aromatic carbocycles. The van der Waals surface area contributed by atoms with E-state index >= 15 is 0 Å². The van der Waals surface area contributed by atoms with Crippen LogP contribution in [0.1, 0.15) is 61.3 Å². The second-order valence-corrected chi connectivity index (χ2v) is 13.6. The third-order valence-electron chi connectivity index (χ3n) is 9.96. The lowest BCUT2D eigenvalue weighted by Crippen LogP contribution is -2.44. The van der Waals surface area contributed by atoms with E-state index in [1.54, 1.807) is 17.0 Å². The molecule has 1 saturated carbocycles. The molecule has 0 bridgehead atoms. The van der Waals surface area contributed by atoms with Crippen LogP contribution in [0.15, 0.2) is 102 Å². The normalized spacial score (nSPS) is 16.4. The van der Waals surface area contributed by atoms with Crippen molar-refractivity contribution in [1.29, 1.82) is 0 Å². The van der Waals surface area contributed by atoms with E-state index in [4.69, 9.17) is 10.5 Å². The molecule has 0 spiro atoms. The van der Waals surface area contributed by atoms with Crippen LogP contribution in [-0.2, 0) is 12.8 Å². The summed E-state index contributed by atoms with van der Waals surface area (Å²) in [6, 6.07) is 30.4. The minimum Gasteiger partial charge on any atom is -0.506 e. The Kier molecular flexibility index (Phi) is 12.2. The quantitative estimate of drug-likeness (QED) is 0.0641. The lowest BCUT2D eigenvalue weighted by atomic mass is 9.89. The smallest absolute Gasteiger partial charge is 0.412 e. The maximum atomic E-state index is 12.7. The summed E-state index contributed by atoms with van der Waals surface area (Å²) in [5.74, 6) is 0.776. The van der Waals surface area contributed by atoms with E-state index in [0.29, 0.717) is 36.2 Å². The molecular weight excluding hydrogens is 656 g/mol. The number of aliphatic hydroxyl groups is 1. The van der Waals surface area contributed by atoms with Crippen LogP contribution in [0.3, 0.4) is 0 Å². The number of aliphatic hydroxyl groups excluding tert-OH is 1. The second kappa shape index (κ2) is 17.4.